The summed E-state index contributed by atoms with van der Waals surface area (Å²) in [5.41, 5.74) is -11.2. The predicted octanol–water partition coefficient (Wildman–Crippen LogP) is 13.2. The fourth-order valence-electron chi connectivity index (χ4n) is 5.27. The minimum absolute atomic E-state index is 0.0446. The summed E-state index contributed by atoms with van der Waals surface area (Å²) in [6, 6.07) is 14.7. The normalized spacial score (nSPS) is 13.7. The van der Waals surface area contributed by atoms with Gasteiger partial charge in [-0.1, -0.05) is 131 Å². The van der Waals surface area contributed by atoms with E-state index < -0.39 is 64.4 Å². The van der Waals surface area contributed by atoms with Crippen LogP contribution in [0.5, 0.6) is 23.0 Å². The van der Waals surface area contributed by atoms with E-state index in [9.17, 15) is 53.4 Å². The van der Waals surface area contributed by atoms with Crippen LogP contribution in [0.15, 0.2) is 90.0 Å². The van der Waals surface area contributed by atoms with Crippen molar-refractivity contribution in [2.75, 3.05) is 0 Å². The van der Waals surface area contributed by atoms with E-state index in [2.05, 4.69) is 8.37 Å². The van der Waals surface area contributed by atoms with Crippen molar-refractivity contribution in [1.29, 1.82) is 0 Å². The van der Waals surface area contributed by atoms with Gasteiger partial charge in [-0.2, -0.15) is 43.2 Å². The molecule has 4 aromatic rings. The van der Waals surface area contributed by atoms with Gasteiger partial charge in [-0.15, -0.1) is 0 Å². The fourth-order valence-corrected chi connectivity index (χ4v) is 9.53. The Bertz CT molecular complexity index is 2350. The van der Waals surface area contributed by atoms with E-state index in [0.29, 0.717) is 22.3 Å². The zero-order chi connectivity index (χ0) is 46.7. The molecule has 0 aliphatic rings. The Kier molecular flexibility index (Phi) is 14.0. The van der Waals surface area contributed by atoms with Crippen LogP contribution in [0.1, 0.15) is 105 Å². The van der Waals surface area contributed by atoms with Crippen molar-refractivity contribution < 1.29 is 61.8 Å². The van der Waals surface area contributed by atoms with Crippen molar-refractivity contribution in [2.24, 2.45) is 0 Å². The van der Waals surface area contributed by atoms with Crippen LogP contribution in [0.2, 0.25) is 0 Å². The molecule has 0 saturated carbocycles. The molecule has 0 aliphatic heterocycles. The number of hydrogen-bond acceptors (Lipinski definition) is 11. The number of rotatable bonds is 10. The predicted molar refractivity (Wildman–Crippen MR) is 227 cm³/mol. The highest BCUT2D eigenvalue weighted by Crippen LogP contribution is 2.52. The molecule has 0 fully saturated rings. The summed E-state index contributed by atoms with van der Waals surface area (Å²) in [6.07, 6.45) is 0. The van der Waals surface area contributed by atoms with E-state index in [-0.39, 0.29) is 40.9 Å². The molecule has 0 atom stereocenters. The Hall–Kier alpha value is -3.39. The first-order chi connectivity index (χ1) is 27.3. The maximum atomic E-state index is 13.5. The Balaban J connectivity index is 1.94. The van der Waals surface area contributed by atoms with Crippen molar-refractivity contribution in [2.45, 2.75) is 145 Å². The molecule has 0 spiro atoms. The molecule has 4 aromatic carbocycles. The van der Waals surface area contributed by atoms with E-state index in [1.165, 1.54) is 24.3 Å². The SMILES string of the molecule is CC(C)(C)c1ccc(OS(=O)(=O)C(F)(F)F)c(Sc2cc(C(C)(C)C)cc(Sc3cc(C(C)(C)C)cc(Sc4cc(C(C)(C)C)ccc4OS(=O)(=O)C(F)(F)F)c3O)c2O)c1. The van der Waals surface area contributed by atoms with Gasteiger partial charge >= 0.3 is 31.3 Å². The van der Waals surface area contributed by atoms with Crippen LogP contribution in [0.25, 0.3) is 0 Å². The molecule has 0 aliphatic carbocycles. The number of alkyl halides is 6. The Labute approximate surface area is 366 Å². The number of halogens is 6. The number of aromatic hydroxyl groups is 2. The van der Waals surface area contributed by atoms with Crippen molar-refractivity contribution in [3.63, 3.8) is 0 Å². The lowest BCUT2D eigenvalue weighted by Gasteiger charge is -2.25. The summed E-state index contributed by atoms with van der Waals surface area (Å²) < 4.78 is 139. The molecular formula is C42H48F6O8S5. The first kappa shape index (κ1) is 50.3. The number of hydrogen-bond donors (Lipinski definition) is 2. The van der Waals surface area contributed by atoms with Crippen LogP contribution >= 0.6 is 35.3 Å². The molecule has 0 heterocycles. The highest BCUT2D eigenvalue weighted by Gasteiger charge is 2.50. The van der Waals surface area contributed by atoms with Crippen LogP contribution in [-0.2, 0) is 41.9 Å². The molecule has 336 valence electrons. The molecule has 0 saturated heterocycles. The van der Waals surface area contributed by atoms with E-state index in [1.807, 2.05) is 83.1 Å². The highest BCUT2D eigenvalue weighted by atomic mass is 32.2. The Morgan fingerprint density at radius 1 is 0.410 bits per heavy atom. The third-order valence-electron chi connectivity index (χ3n) is 9.06. The lowest BCUT2D eigenvalue weighted by molar-refractivity contribution is -0.0505. The first-order valence-electron chi connectivity index (χ1n) is 18.4. The van der Waals surface area contributed by atoms with Crippen LogP contribution in [0, 0.1) is 0 Å². The van der Waals surface area contributed by atoms with Gasteiger partial charge in [0.1, 0.15) is 11.5 Å². The largest absolute Gasteiger partial charge is 0.534 e. The third kappa shape index (κ3) is 12.0. The van der Waals surface area contributed by atoms with Crippen LogP contribution in [0.3, 0.4) is 0 Å². The second kappa shape index (κ2) is 17.0. The van der Waals surface area contributed by atoms with Gasteiger partial charge in [0, 0.05) is 0 Å². The van der Waals surface area contributed by atoms with Crippen molar-refractivity contribution >= 4 is 55.5 Å². The van der Waals surface area contributed by atoms with Gasteiger partial charge in [-0.3, -0.25) is 0 Å². The number of phenolic OH excluding ortho intramolecular Hbond substituents is 2. The number of benzene rings is 4. The van der Waals surface area contributed by atoms with Gasteiger partial charge in [-0.25, -0.2) is 0 Å². The van der Waals surface area contributed by atoms with E-state index in [1.54, 1.807) is 24.3 Å². The monoisotopic (exact) mass is 954 g/mol. The van der Waals surface area contributed by atoms with Gasteiger partial charge in [0.25, 0.3) is 0 Å². The van der Waals surface area contributed by atoms with Crippen molar-refractivity contribution in [3.05, 3.63) is 82.9 Å². The molecule has 61 heavy (non-hydrogen) atoms. The molecule has 0 aromatic heterocycles. The summed E-state index contributed by atoms with van der Waals surface area (Å²) in [4.78, 5) is 0.499. The first-order valence-corrected chi connectivity index (χ1v) is 23.7. The van der Waals surface area contributed by atoms with Gasteiger partial charge in [0.15, 0.2) is 11.5 Å². The Morgan fingerprint density at radius 3 is 0.869 bits per heavy atom. The quantitative estimate of drug-likeness (QED) is 0.0896. The molecule has 0 radical (unpaired) electrons. The molecule has 0 amide bonds. The van der Waals surface area contributed by atoms with E-state index in [0.717, 1.165) is 47.4 Å². The maximum Gasteiger partial charge on any atom is 0.534 e. The van der Waals surface area contributed by atoms with Gasteiger partial charge in [0.05, 0.1) is 29.4 Å². The molecule has 8 nitrogen and oxygen atoms in total. The maximum absolute atomic E-state index is 13.5. The third-order valence-corrected chi connectivity index (χ3v) is 14.2. The standard InChI is InChI=1S/C42H48F6O8S5/c1-37(2,3)23-13-15-27(55-60(51,52)41(43,44)45)29(17-23)57-31-19-25(39(7,8)9)21-33(35(31)49)59-34-22-26(40(10,11)12)20-32(36(34)50)58-30-18-24(38(4,5)6)14-16-28(30)56-61(53,54)42(46,47)48/h13-22,49-50H,1-12H3. The smallest absolute Gasteiger partial charge is 0.506 e. The second-order valence-electron chi connectivity index (χ2n) is 18.2. The van der Waals surface area contributed by atoms with Crippen LogP contribution in [-0.4, -0.2) is 38.1 Å². The average Bonchev–Trinajstić information content (AvgIpc) is 3.06. The molecule has 0 unspecified atom stereocenters. The molecule has 19 heteroatoms. The molecular weight excluding hydrogens is 907 g/mol. The van der Waals surface area contributed by atoms with Crippen LogP contribution < -0.4 is 8.37 Å². The van der Waals surface area contributed by atoms with Gasteiger partial charge in [0.2, 0.25) is 0 Å². The summed E-state index contributed by atoms with van der Waals surface area (Å²) >= 11 is 2.47. The lowest BCUT2D eigenvalue weighted by Crippen LogP contribution is -2.28. The fraction of sp³-hybridized carbons (Fsp3) is 0.429. The second-order valence-corrected chi connectivity index (χ2v) is 24.6. The summed E-state index contributed by atoms with van der Waals surface area (Å²) in [5, 5.41) is 23.8. The van der Waals surface area contributed by atoms with Gasteiger partial charge < -0.3 is 18.6 Å². The van der Waals surface area contributed by atoms with E-state index in [4.69, 9.17) is 0 Å². The van der Waals surface area contributed by atoms with Crippen LogP contribution in [0.4, 0.5) is 26.3 Å². The Morgan fingerprint density at radius 2 is 0.639 bits per heavy atom. The minimum atomic E-state index is -6.08. The molecule has 2 N–H and O–H groups in total. The van der Waals surface area contributed by atoms with Crippen molar-refractivity contribution in [1.82, 2.24) is 0 Å². The summed E-state index contributed by atoms with van der Waals surface area (Å²) in [7, 11) is -12.2. The average molecular weight is 955 g/mol. The van der Waals surface area contributed by atoms with Gasteiger partial charge in [-0.05, 0) is 92.4 Å². The lowest BCUT2D eigenvalue weighted by atomic mass is 9.87. The molecule has 4 rings (SSSR count). The van der Waals surface area contributed by atoms with E-state index >= 15 is 0 Å². The zero-order valence-corrected chi connectivity index (χ0v) is 39.5. The summed E-state index contributed by atoms with van der Waals surface area (Å²) in [6.45, 7) is 22.4. The summed E-state index contributed by atoms with van der Waals surface area (Å²) in [5.74, 6) is -1.97. The van der Waals surface area contributed by atoms with Crippen molar-refractivity contribution in [3.8, 4) is 23.0 Å². The minimum Gasteiger partial charge on any atom is -0.506 e. The highest BCUT2D eigenvalue weighted by molar-refractivity contribution is 8.01. The molecule has 0 bridgehead atoms. The number of phenols is 2. The zero-order valence-electron chi connectivity index (χ0n) is 35.4. The topological polar surface area (TPSA) is 127 Å².